The summed E-state index contributed by atoms with van der Waals surface area (Å²) >= 11 is 5.97. The van der Waals surface area contributed by atoms with Crippen molar-refractivity contribution < 1.29 is 18.0 Å². The molecule has 2 aromatic carbocycles. The van der Waals surface area contributed by atoms with E-state index in [9.17, 15) is 18.0 Å². The summed E-state index contributed by atoms with van der Waals surface area (Å²) in [7, 11) is 0. The smallest absolute Gasteiger partial charge is 0.289 e. The zero-order chi connectivity index (χ0) is 15.8. The van der Waals surface area contributed by atoms with Gasteiger partial charge in [0.05, 0.1) is 5.56 Å². The van der Waals surface area contributed by atoms with Gasteiger partial charge in [-0.25, -0.2) is 0 Å². The van der Waals surface area contributed by atoms with Crippen molar-refractivity contribution in [3.8, 4) is 0 Å². The lowest BCUT2D eigenvalue weighted by Crippen LogP contribution is -2.09. The summed E-state index contributed by atoms with van der Waals surface area (Å²) in [6.07, 6.45) is -4.42. The molecule has 1 nitrogen and oxygen atoms in total. The Hall–Kier alpha value is -1.81. The van der Waals surface area contributed by atoms with E-state index in [4.69, 9.17) is 11.6 Å². The van der Waals surface area contributed by atoms with Crippen LogP contribution in [0.2, 0.25) is 5.02 Å². The normalized spacial score (nSPS) is 11.5. The van der Waals surface area contributed by atoms with E-state index >= 15 is 0 Å². The molecule has 0 heterocycles. The first-order valence-corrected chi connectivity index (χ1v) is 6.57. The molecule has 0 aliphatic rings. The van der Waals surface area contributed by atoms with E-state index in [0.29, 0.717) is 16.1 Å². The Balaban J connectivity index is 2.48. The highest BCUT2D eigenvalue weighted by Crippen LogP contribution is 2.31. The van der Waals surface area contributed by atoms with Crippen molar-refractivity contribution in [1.29, 1.82) is 0 Å². The predicted octanol–water partition coefficient (Wildman–Crippen LogP) is 5.21. The van der Waals surface area contributed by atoms with Gasteiger partial charge in [-0.05, 0) is 43.2 Å². The van der Waals surface area contributed by atoms with E-state index in [-0.39, 0.29) is 16.9 Å². The Morgan fingerprint density at radius 2 is 1.71 bits per heavy atom. The second kappa shape index (κ2) is 5.53. The number of benzene rings is 2. The van der Waals surface area contributed by atoms with Gasteiger partial charge in [-0.15, -0.1) is 0 Å². The van der Waals surface area contributed by atoms with Crippen LogP contribution in [-0.2, 0) is 6.18 Å². The number of carbonyl (C=O) groups excluding carboxylic acids is 1. The molecule has 5 heteroatoms. The lowest BCUT2D eigenvalue weighted by atomic mass is 9.95. The van der Waals surface area contributed by atoms with Crippen molar-refractivity contribution >= 4 is 17.4 Å². The molecule has 0 aromatic heterocycles. The molecule has 0 unspecified atom stereocenters. The van der Waals surface area contributed by atoms with E-state index in [1.165, 1.54) is 13.0 Å². The van der Waals surface area contributed by atoms with Crippen LogP contribution in [0.25, 0.3) is 0 Å². The van der Waals surface area contributed by atoms with Gasteiger partial charge in [-0.1, -0.05) is 29.8 Å². The molecule has 2 aromatic rings. The van der Waals surface area contributed by atoms with E-state index in [2.05, 4.69) is 0 Å². The highest BCUT2D eigenvalue weighted by atomic mass is 35.5. The summed E-state index contributed by atoms with van der Waals surface area (Å²) in [6, 6.07) is 8.02. The molecular weight excluding hydrogens is 301 g/mol. The average molecular weight is 313 g/mol. The summed E-state index contributed by atoms with van der Waals surface area (Å²) in [5, 5.41) is 0.449. The van der Waals surface area contributed by atoms with E-state index in [1.54, 1.807) is 25.1 Å². The topological polar surface area (TPSA) is 17.1 Å². The molecule has 0 aliphatic carbocycles. The molecule has 0 radical (unpaired) electrons. The summed E-state index contributed by atoms with van der Waals surface area (Å²) in [5.74, 6) is -0.332. The third-order valence-electron chi connectivity index (χ3n) is 3.31. The largest absolute Gasteiger partial charge is 0.416 e. The van der Waals surface area contributed by atoms with Gasteiger partial charge < -0.3 is 0 Å². The fourth-order valence-corrected chi connectivity index (χ4v) is 2.27. The van der Waals surface area contributed by atoms with Gasteiger partial charge in [0, 0.05) is 16.1 Å². The zero-order valence-electron chi connectivity index (χ0n) is 11.4. The molecule has 0 fully saturated rings. The highest BCUT2D eigenvalue weighted by molar-refractivity contribution is 6.32. The van der Waals surface area contributed by atoms with Crippen LogP contribution in [0.15, 0.2) is 36.4 Å². The van der Waals surface area contributed by atoms with Crippen LogP contribution >= 0.6 is 11.6 Å². The standard InChI is InChI=1S/C16H12ClF3O/c1-9-8-11(16(18,19)20)6-7-12(9)15(21)13-4-3-5-14(17)10(13)2/h3-8H,1-2H3. The Kier molecular flexibility index (Phi) is 4.10. The van der Waals surface area contributed by atoms with Crippen LogP contribution in [0.3, 0.4) is 0 Å². The van der Waals surface area contributed by atoms with E-state index < -0.39 is 11.7 Å². The Morgan fingerprint density at radius 1 is 1.05 bits per heavy atom. The van der Waals surface area contributed by atoms with Crippen molar-refractivity contribution in [1.82, 2.24) is 0 Å². The summed E-state index contributed by atoms with van der Waals surface area (Å²) in [5.41, 5.74) is 0.774. The summed E-state index contributed by atoms with van der Waals surface area (Å²) in [6.45, 7) is 3.19. The highest BCUT2D eigenvalue weighted by Gasteiger charge is 2.31. The number of rotatable bonds is 2. The summed E-state index contributed by atoms with van der Waals surface area (Å²) in [4.78, 5) is 12.5. The summed E-state index contributed by atoms with van der Waals surface area (Å²) < 4.78 is 37.9. The van der Waals surface area contributed by atoms with Crippen LogP contribution in [0.1, 0.15) is 32.6 Å². The monoisotopic (exact) mass is 312 g/mol. The van der Waals surface area contributed by atoms with Crippen LogP contribution in [0.5, 0.6) is 0 Å². The minimum absolute atomic E-state index is 0.244. The van der Waals surface area contributed by atoms with E-state index in [1.807, 2.05) is 0 Å². The van der Waals surface area contributed by atoms with Crippen LogP contribution in [0.4, 0.5) is 13.2 Å². The molecule has 110 valence electrons. The lowest BCUT2D eigenvalue weighted by Gasteiger charge is -2.12. The Labute approximate surface area is 125 Å². The van der Waals surface area contributed by atoms with Gasteiger partial charge in [-0.3, -0.25) is 4.79 Å². The quantitative estimate of drug-likeness (QED) is 0.696. The Bertz CT molecular complexity index is 705. The molecule has 0 saturated carbocycles. The predicted molar refractivity (Wildman–Crippen MR) is 75.8 cm³/mol. The van der Waals surface area contributed by atoms with Gasteiger partial charge in [0.25, 0.3) is 0 Å². The van der Waals surface area contributed by atoms with Crippen molar-refractivity contribution in [2.24, 2.45) is 0 Å². The van der Waals surface area contributed by atoms with Gasteiger partial charge in [0.1, 0.15) is 0 Å². The van der Waals surface area contributed by atoms with Crippen LogP contribution in [0, 0.1) is 13.8 Å². The van der Waals surface area contributed by atoms with E-state index in [0.717, 1.165) is 12.1 Å². The van der Waals surface area contributed by atoms with Crippen LogP contribution in [-0.4, -0.2) is 5.78 Å². The van der Waals surface area contributed by atoms with Crippen molar-refractivity contribution in [3.63, 3.8) is 0 Å². The van der Waals surface area contributed by atoms with Gasteiger partial charge >= 0.3 is 6.18 Å². The second-order valence-corrected chi connectivity index (χ2v) is 5.18. The molecule has 21 heavy (non-hydrogen) atoms. The number of hydrogen-bond donors (Lipinski definition) is 0. The van der Waals surface area contributed by atoms with Crippen molar-refractivity contribution in [2.45, 2.75) is 20.0 Å². The van der Waals surface area contributed by atoms with Gasteiger partial charge in [-0.2, -0.15) is 13.2 Å². The first-order valence-electron chi connectivity index (χ1n) is 6.19. The van der Waals surface area contributed by atoms with Crippen molar-refractivity contribution in [3.05, 3.63) is 69.2 Å². The fraction of sp³-hybridized carbons (Fsp3) is 0.188. The average Bonchev–Trinajstić information content (AvgIpc) is 2.40. The number of alkyl halides is 3. The molecule has 0 spiro atoms. The zero-order valence-corrected chi connectivity index (χ0v) is 12.1. The lowest BCUT2D eigenvalue weighted by molar-refractivity contribution is -0.137. The second-order valence-electron chi connectivity index (χ2n) is 4.77. The third kappa shape index (κ3) is 3.10. The number of halogens is 4. The number of hydrogen-bond acceptors (Lipinski definition) is 1. The minimum atomic E-state index is -4.42. The SMILES string of the molecule is Cc1cc(C(F)(F)F)ccc1C(=O)c1cccc(Cl)c1C. The first-order chi connectivity index (χ1) is 9.71. The van der Waals surface area contributed by atoms with Crippen LogP contribution < -0.4 is 0 Å². The Morgan fingerprint density at radius 3 is 2.29 bits per heavy atom. The molecule has 0 aliphatic heterocycles. The minimum Gasteiger partial charge on any atom is -0.289 e. The molecule has 0 amide bonds. The molecule has 0 saturated heterocycles. The molecular formula is C16H12ClF3O. The molecule has 2 rings (SSSR count). The maximum absolute atomic E-state index is 12.6. The number of carbonyl (C=O) groups is 1. The van der Waals surface area contributed by atoms with Gasteiger partial charge in [0.2, 0.25) is 0 Å². The number of aryl methyl sites for hydroxylation is 1. The maximum Gasteiger partial charge on any atom is 0.416 e. The maximum atomic E-state index is 12.6. The van der Waals surface area contributed by atoms with Gasteiger partial charge in [0.15, 0.2) is 5.78 Å². The molecule has 0 bridgehead atoms. The van der Waals surface area contributed by atoms with Crippen molar-refractivity contribution in [2.75, 3.05) is 0 Å². The fourth-order valence-electron chi connectivity index (χ4n) is 2.09. The number of ketones is 1. The molecule has 0 atom stereocenters. The third-order valence-corrected chi connectivity index (χ3v) is 3.72. The molecule has 0 N–H and O–H groups in total. The first kappa shape index (κ1) is 15.6.